The summed E-state index contributed by atoms with van der Waals surface area (Å²) in [6, 6.07) is 0. The highest BCUT2D eigenvalue weighted by Crippen LogP contribution is 2.05. The number of hydrogen-bond donors (Lipinski definition) is 2. The van der Waals surface area contributed by atoms with Gasteiger partial charge >= 0.3 is 0 Å². The summed E-state index contributed by atoms with van der Waals surface area (Å²) in [5.41, 5.74) is 0. The van der Waals surface area contributed by atoms with Crippen molar-refractivity contribution in [1.29, 1.82) is 0 Å². The molecular formula is C26H51FN2O6. The standard InChI is InChI=1S/C26H51FN2O6/c1-5-12-23(4)26(31)29-19-24(27)20-34-16-11-7-10-15-33-18-17-32-14-9-6-8-13-28-25(30)21-35-22(2)3/h22-24H,5-21H2,1-4H3,(H,28,30)(H,29,31). The smallest absolute Gasteiger partial charge is 0.246 e. The number of carbonyl (C=O) groups is 2. The fraction of sp³-hybridized carbons (Fsp3) is 0.923. The van der Waals surface area contributed by atoms with Crippen LogP contribution < -0.4 is 10.6 Å². The van der Waals surface area contributed by atoms with Gasteiger partial charge in [-0.1, -0.05) is 20.3 Å². The molecule has 35 heavy (non-hydrogen) atoms. The second kappa shape index (κ2) is 24.4. The number of ether oxygens (including phenoxy) is 4. The van der Waals surface area contributed by atoms with Gasteiger partial charge in [0.25, 0.3) is 0 Å². The minimum absolute atomic E-state index is 0.00934. The van der Waals surface area contributed by atoms with Crippen molar-refractivity contribution in [1.82, 2.24) is 10.6 Å². The maximum absolute atomic E-state index is 13.8. The van der Waals surface area contributed by atoms with E-state index in [1.165, 1.54) is 0 Å². The molecule has 0 saturated heterocycles. The van der Waals surface area contributed by atoms with Gasteiger partial charge in [0.2, 0.25) is 11.8 Å². The minimum Gasteiger partial charge on any atom is -0.379 e. The normalized spacial score (nSPS) is 13.1. The predicted molar refractivity (Wildman–Crippen MR) is 136 cm³/mol. The molecule has 0 aliphatic heterocycles. The molecule has 0 aliphatic carbocycles. The molecule has 9 heteroatoms. The first-order valence-corrected chi connectivity index (χ1v) is 13.4. The first-order chi connectivity index (χ1) is 16.9. The van der Waals surface area contributed by atoms with Crippen molar-refractivity contribution >= 4 is 11.8 Å². The lowest BCUT2D eigenvalue weighted by atomic mass is 10.1. The van der Waals surface area contributed by atoms with Crippen LogP contribution in [-0.2, 0) is 28.5 Å². The lowest BCUT2D eigenvalue weighted by Crippen LogP contribution is -2.35. The molecule has 8 nitrogen and oxygen atoms in total. The van der Waals surface area contributed by atoms with E-state index in [1.54, 1.807) is 0 Å². The quantitative estimate of drug-likeness (QED) is 0.183. The number of unbranched alkanes of at least 4 members (excludes halogenated alkanes) is 4. The molecule has 0 aromatic carbocycles. The summed E-state index contributed by atoms with van der Waals surface area (Å²) in [5, 5.41) is 5.49. The lowest BCUT2D eigenvalue weighted by molar-refractivity contribution is -0.127. The van der Waals surface area contributed by atoms with Crippen LogP contribution >= 0.6 is 0 Å². The topological polar surface area (TPSA) is 95.1 Å². The van der Waals surface area contributed by atoms with E-state index in [1.807, 2.05) is 27.7 Å². The number of halogens is 1. The monoisotopic (exact) mass is 506 g/mol. The van der Waals surface area contributed by atoms with Crippen LogP contribution in [0.3, 0.4) is 0 Å². The summed E-state index contributed by atoms with van der Waals surface area (Å²) in [4.78, 5) is 23.2. The second-order valence-corrected chi connectivity index (χ2v) is 9.16. The maximum atomic E-state index is 13.8. The van der Waals surface area contributed by atoms with Gasteiger partial charge in [0.15, 0.2) is 0 Å². The number of rotatable bonds is 25. The van der Waals surface area contributed by atoms with Crippen LogP contribution in [0.4, 0.5) is 4.39 Å². The molecule has 2 N–H and O–H groups in total. The van der Waals surface area contributed by atoms with Crippen LogP contribution in [-0.4, -0.2) is 83.4 Å². The van der Waals surface area contributed by atoms with Crippen molar-refractivity contribution in [2.24, 2.45) is 5.92 Å². The van der Waals surface area contributed by atoms with Crippen molar-refractivity contribution in [2.75, 3.05) is 59.3 Å². The van der Waals surface area contributed by atoms with Gasteiger partial charge in [-0.3, -0.25) is 9.59 Å². The van der Waals surface area contributed by atoms with E-state index in [0.29, 0.717) is 39.6 Å². The molecule has 0 aliphatic rings. The molecule has 0 aromatic rings. The van der Waals surface area contributed by atoms with Crippen LogP contribution in [0, 0.1) is 5.92 Å². The average Bonchev–Trinajstić information content (AvgIpc) is 2.83. The van der Waals surface area contributed by atoms with E-state index >= 15 is 0 Å². The zero-order chi connectivity index (χ0) is 26.2. The molecule has 0 fully saturated rings. The number of hydrogen-bond acceptors (Lipinski definition) is 6. The lowest BCUT2D eigenvalue weighted by Gasteiger charge is -2.13. The Morgan fingerprint density at radius 3 is 2.00 bits per heavy atom. The molecular weight excluding hydrogens is 455 g/mol. The van der Waals surface area contributed by atoms with Crippen LogP contribution in [0.25, 0.3) is 0 Å². The minimum atomic E-state index is -1.17. The third-order valence-corrected chi connectivity index (χ3v) is 5.25. The molecule has 0 aromatic heterocycles. The van der Waals surface area contributed by atoms with E-state index < -0.39 is 6.17 Å². The Morgan fingerprint density at radius 1 is 0.800 bits per heavy atom. The van der Waals surface area contributed by atoms with Crippen LogP contribution in [0.15, 0.2) is 0 Å². The largest absolute Gasteiger partial charge is 0.379 e. The second-order valence-electron chi connectivity index (χ2n) is 9.16. The SMILES string of the molecule is CCCC(C)C(=O)NCC(F)COCCCCCOCCOCCCCCNC(=O)COC(C)C. The van der Waals surface area contributed by atoms with E-state index in [4.69, 9.17) is 18.9 Å². The highest BCUT2D eigenvalue weighted by molar-refractivity contribution is 5.78. The molecule has 2 atom stereocenters. The van der Waals surface area contributed by atoms with Gasteiger partial charge in [0, 0.05) is 32.3 Å². The molecule has 208 valence electrons. The van der Waals surface area contributed by atoms with Gasteiger partial charge < -0.3 is 29.6 Å². The summed E-state index contributed by atoms with van der Waals surface area (Å²) >= 11 is 0. The van der Waals surface area contributed by atoms with Crippen LogP contribution in [0.1, 0.15) is 79.1 Å². The number of alkyl halides is 1. The Kier molecular flexibility index (Phi) is 23.5. The number of amides is 2. The van der Waals surface area contributed by atoms with Crippen molar-refractivity contribution in [3.63, 3.8) is 0 Å². The van der Waals surface area contributed by atoms with Gasteiger partial charge in [0.1, 0.15) is 12.8 Å². The Labute approximate surface area is 212 Å². The third kappa shape index (κ3) is 24.2. The summed E-state index contributed by atoms with van der Waals surface area (Å²) in [6.07, 6.45) is 6.29. The Bertz CT molecular complexity index is 510. The summed E-state index contributed by atoms with van der Waals surface area (Å²) < 4.78 is 35.5. The van der Waals surface area contributed by atoms with Crippen LogP contribution in [0.5, 0.6) is 0 Å². The highest BCUT2D eigenvalue weighted by Gasteiger charge is 2.14. The fourth-order valence-corrected chi connectivity index (χ4v) is 3.15. The van der Waals surface area contributed by atoms with Crippen LogP contribution in [0.2, 0.25) is 0 Å². The molecule has 0 spiro atoms. The molecule has 2 unspecified atom stereocenters. The summed E-state index contributed by atoms with van der Waals surface area (Å²) in [7, 11) is 0. The Morgan fingerprint density at radius 2 is 1.40 bits per heavy atom. The molecule has 0 rings (SSSR count). The van der Waals surface area contributed by atoms with Crippen molar-refractivity contribution < 1.29 is 32.9 Å². The number of carbonyl (C=O) groups excluding carboxylic acids is 2. The summed E-state index contributed by atoms with van der Waals surface area (Å²) in [6.45, 7) is 11.6. The maximum Gasteiger partial charge on any atom is 0.246 e. The molecule has 0 radical (unpaired) electrons. The Balaban J connectivity index is 3.28. The van der Waals surface area contributed by atoms with Crippen molar-refractivity contribution in [3.05, 3.63) is 0 Å². The van der Waals surface area contributed by atoms with E-state index in [2.05, 4.69) is 10.6 Å². The molecule has 2 amide bonds. The van der Waals surface area contributed by atoms with E-state index in [9.17, 15) is 14.0 Å². The van der Waals surface area contributed by atoms with E-state index in [-0.39, 0.29) is 43.6 Å². The van der Waals surface area contributed by atoms with E-state index in [0.717, 1.165) is 51.4 Å². The average molecular weight is 507 g/mol. The van der Waals surface area contributed by atoms with Gasteiger partial charge in [-0.05, 0) is 58.8 Å². The van der Waals surface area contributed by atoms with Gasteiger partial charge in [-0.2, -0.15) is 0 Å². The first-order valence-electron chi connectivity index (χ1n) is 13.4. The van der Waals surface area contributed by atoms with Crippen molar-refractivity contribution in [3.8, 4) is 0 Å². The predicted octanol–water partition coefficient (Wildman–Crippen LogP) is 3.81. The zero-order valence-electron chi connectivity index (χ0n) is 22.6. The Hall–Kier alpha value is -1.29. The molecule has 0 saturated carbocycles. The summed E-state index contributed by atoms with van der Waals surface area (Å²) in [5.74, 6) is -0.234. The fourth-order valence-electron chi connectivity index (χ4n) is 3.15. The van der Waals surface area contributed by atoms with Crippen molar-refractivity contribution in [2.45, 2.75) is 91.3 Å². The number of nitrogens with one attached hydrogen (secondary N) is 2. The van der Waals surface area contributed by atoms with Gasteiger partial charge in [-0.25, -0.2) is 4.39 Å². The zero-order valence-corrected chi connectivity index (χ0v) is 22.6. The van der Waals surface area contributed by atoms with Gasteiger partial charge in [-0.15, -0.1) is 0 Å². The first kappa shape index (κ1) is 33.7. The molecule has 0 heterocycles. The molecule has 0 bridgehead atoms. The van der Waals surface area contributed by atoms with Gasteiger partial charge in [0.05, 0.1) is 32.5 Å². The third-order valence-electron chi connectivity index (χ3n) is 5.25. The highest BCUT2D eigenvalue weighted by atomic mass is 19.1.